The Morgan fingerprint density at radius 3 is 2.87 bits per heavy atom. The van der Waals surface area contributed by atoms with E-state index in [0.717, 1.165) is 29.3 Å². The highest BCUT2D eigenvalue weighted by atomic mass is 28.2. The first-order valence-electron chi connectivity index (χ1n) is 5.19. The largest absolute Gasteiger partial charge is 0.493 e. The van der Waals surface area contributed by atoms with Gasteiger partial charge in [-0.15, -0.1) is 6.58 Å². The maximum atomic E-state index is 5.42. The molecule has 0 fully saturated rings. The van der Waals surface area contributed by atoms with Crippen LogP contribution in [0.25, 0.3) is 0 Å². The van der Waals surface area contributed by atoms with Gasteiger partial charge < -0.3 is 9.16 Å². The molecule has 0 unspecified atom stereocenters. The summed E-state index contributed by atoms with van der Waals surface area (Å²) in [4.78, 5) is 0. The van der Waals surface area contributed by atoms with E-state index in [1.807, 2.05) is 12.1 Å². The van der Waals surface area contributed by atoms with Crippen LogP contribution in [-0.4, -0.2) is 23.7 Å². The molecule has 2 nitrogen and oxygen atoms in total. The van der Waals surface area contributed by atoms with Crippen LogP contribution in [0.2, 0.25) is 0 Å². The molecule has 3 heteroatoms. The van der Waals surface area contributed by atoms with Gasteiger partial charge in [0.1, 0.15) is 16.2 Å². The second kappa shape index (κ2) is 7.26. The molecular formula is C12H18O2Si. The maximum Gasteiger partial charge on any atom is 0.146 e. The Bertz CT molecular complexity index is 274. The zero-order valence-corrected chi connectivity index (χ0v) is 11.2. The molecule has 0 radical (unpaired) electrons. The summed E-state index contributed by atoms with van der Waals surface area (Å²) in [5.41, 5.74) is 1.36. The average molecular weight is 222 g/mol. The van der Waals surface area contributed by atoms with Crippen molar-refractivity contribution < 1.29 is 9.16 Å². The highest BCUT2D eigenvalue weighted by Gasteiger charge is 2.06. The zero-order valence-electron chi connectivity index (χ0n) is 9.24. The summed E-state index contributed by atoms with van der Waals surface area (Å²) in [5, 5.41) is 0. The maximum absolute atomic E-state index is 5.42. The molecule has 0 N–H and O–H groups in total. The van der Waals surface area contributed by atoms with Crippen LogP contribution in [0, 0.1) is 0 Å². The molecule has 0 aromatic heterocycles. The molecule has 15 heavy (non-hydrogen) atoms. The van der Waals surface area contributed by atoms with Gasteiger partial charge in [-0.3, -0.25) is 0 Å². The van der Waals surface area contributed by atoms with Crippen molar-refractivity contribution in [2.24, 2.45) is 0 Å². The molecule has 82 valence electrons. The summed E-state index contributed by atoms with van der Waals surface area (Å²) >= 11 is 0. The fraction of sp³-hybridized carbons (Fsp3) is 0.333. The van der Waals surface area contributed by atoms with E-state index in [2.05, 4.69) is 18.7 Å². The Labute approximate surface area is 94.5 Å². The molecule has 2 rings (SSSR count). The molecule has 1 aromatic rings. The van der Waals surface area contributed by atoms with Gasteiger partial charge in [-0.05, 0) is 24.5 Å². The summed E-state index contributed by atoms with van der Waals surface area (Å²) in [5.74, 6) is 1.08. The minimum absolute atomic E-state index is 0.715. The molecule has 1 heterocycles. The standard InChI is InChI=1S/C9H10O.C3H8OSi/c1-2-6-9-8(4-1)5-3-7-10-9;1-2-3-4-5/h1-2,4,6H,3,5,7H2;2H,1,3H2,5H3. The van der Waals surface area contributed by atoms with Crippen LogP contribution < -0.4 is 4.74 Å². The fourth-order valence-electron chi connectivity index (χ4n) is 1.41. The SMILES string of the molecule is C=CCO[SiH3].c1ccc2c(c1)CCCO2. The van der Waals surface area contributed by atoms with E-state index < -0.39 is 0 Å². The lowest BCUT2D eigenvalue weighted by atomic mass is 10.1. The normalized spacial score (nSPS) is 13.1. The number of ether oxygens (including phenoxy) is 1. The first kappa shape index (κ1) is 12.0. The van der Waals surface area contributed by atoms with Crippen molar-refractivity contribution in [2.75, 3.05) is 13.2 Å². The van der Waals surface area contributed by atoms with Crippen LogP contribution >= 0.6 is 0 Å². The Morgan fingerprint density at radius 1 is 1.47 bits per heavy atom. The molecule has 0 aliphatic carbocycles. The smallest absolute Gasteiger partial charge is 0.146 e. The molecular weight excluding hydrogens is 204 g/mol. The predicted molar refractivity (Wildman–Crippen MR) is 66.3 cm³/mol. The third-order valence-corrected chi connectivity index (χ3v) is 2.44. The minimum Gasteiger partial charge on any atom is -0.493 e. The Morgan fingerprint density at radius 2 is 2.27 bits per heavy atom. The highest BCUT2D eigenvalue weighted by Crippen LogP contribution is 2.22. The van der Waals surface area contributed by atoms with E-state index in [9.17, 15) is 0 Å². The number of hydrogen-bond donors (Lipinski definition) is 0. The van der Waals surface area contributed by atoms with Crippen molar-refractivity contribution in [1.82, 2.24) is 0 Å². The lowest BCUT2D eigenvalue weighted by molar-refractivity contribution is 0.288. The lowest BCUT2D eigenvalue weighted by Crippen LogP contribution is -2.07. The highest BCUT2D eigenvalue weighted by molar-refractivity contribution is 5.98. The van der Waals surface area contributed by atoms with Crippen molar-refractivity contribution in [3.05, 3.63) is 42.5 Å². The van der Waals surface area contributed by atoms with Crippen LogP contribution in [0.4, 0.5) is 0 Å². The number of rotatable bonds is 2. The summed E-state index contributed by atoms with van der Waals surface area (Å²) in [6, 6.07) is 8.25. The topological polar surface area (TPSA) is 18.5 Å². The van der Waals surface area contributed by atoms with Crippen molar-refractivity contribution in [3.63, 3.8) is 0 Å². The summed E-state index contributed by atoms with van der Waals surface area (Å²) < 4.78 is 10.1. The van der Waals surface area contributed by atoms with Crippen LogP contribution in [0.5, 0.6) is 5.75 Å². The fourth-order valence-corrected chi connectivity index (χ4v) is 1.65. The van der Waals surface area contributed by atoms with Crippen molar-refractivity contribution >= 4 is 10.5 Å². The summed E-state index contributed by atoms with van der Waals surface area (Å²) in [7, 11) is 0.827. The molecule has 0 spiro atoms. The van der Waals surface area contributed by atoms with Gasteiger partial charge in [-0.1, -0.05) is 24.3 Å². The van der Waals surface area contributed by atoms with Gasteiger partial charge in [-0.2, -0.15) is 0 Å². The van der Waals surface area contributed by atoms with Gasteiger partial charge >= 0.3 is 0 Å². The third-order valence-electron chi connectivity index (χ3n) is 2.11. The molecule has 1 aromatic carbocycles. The van der Waals surface area contributed by atoms with E-state index in [1.165, 1.54) is 12.0 Å². The third kappa shape index (κ3) is 4.32. The summed E-state index contributed by atoms with van der Waals surface area (Å²) in [6.07, 6.45) is 4.08. The van der Waals surface area contributed by atoms with Gasteiger partial charge in [0.15, 0.2) is 0 Å². The van der Waals surface area contributed by atoms with Gasteiger partial charge in [0.2, 0.25) is 0 Å². The second-order valence-corrected chi connectivity index (χ2v) is 3.88. The molecule has 0 saturated heterocycles. The van der Waals surface area contributed by atoms with E-state index in [-0.39, 0.29) is 0 Å². The first-order valence-corrected chi connectivity index (χ1v) is 6.00. The predicted octanol–water partition coefficient (Wildman–Crippen LogP) is 1.48. The van der Waals surface area contributed by atoms with Crippen LogP contribution in [0.15, 0.2) is 36.9 Å². The zero-order chi connectivity index (χ0) is 10.9. The van der Waals surface area contributed by atoms with Crippen LogP contribution in [0.1, 0.15) is 12.0 Å². The van der Waals surface area contributed by atoms with E-state index in [1.54, 1.807) is 6.08 Å². The lowest BCUT2D eigenvalue weighted by Gasteiger charge is -2.15. The average Bonchev–Trinajstić information content (AvgIpc) is 2.31. The van der Waals surface area contributed by atoms with E-state index >= 15 is 0 Å². The van der Waals surface area contributed by atoms with Gasteiger partial charge in [0.25, 0.3) is 0 Å². The quantitative estimate of drug-likeness (QED) is 0.557. The van der Waals surface area contributed by atoms with E-state index in [4.69, 9.17) is 9.16 Å². The number of fused-ring (bicyclic) bond motifs is 1. The van der Waals surface area contributed by atoms with Crippen molar-refractivity contribution in [3.8, 4) is 5.75 Å². The number of hydrogen-bond acceptors (Lipinski definition) is 2. The first-order chi connectivity index (χ1) is 7.38. The van der Waals surface area contributed by atoms with E-state index in [0.29, 0.717) is 6.61 Å². The van der Waals surface area contributed by atoms with Crippen LogP contribution in [-0.2, 0) is 10.8 Å². The Balaban J connectivity index is 0.000000195. The molecule has 0 amide bonds. The van der Waals surface area contributed by atoms with Gasteiger partial charge in [0, 0.05) is 0 Å². The minimum atomic E-state index is 0.715. The number of aryl methyl sites for hydroxylation is 1. The second-order valence-electron chi connectivity index (χ2n) is 3.30. The molecule has 0 bridgehead atoms. The molecule has 0 saturated carbocycles. The number of para-hydroxylation sites is 1. The van der Waals surface area contributed by atoms with Gasteiger partial charge in [0.05, 0.1) is 13.2 Å². The Hall–Kier alpha value is -1.06. The van der Waals surface area contributed by atoms with Gasteiger partial charge in [-0.25, -0.2) is 0 Å². The molecule has 0 atom stereocenters. The monoisotopic (exact) mass is 222 g/mol. The van der Waals surface area contributed by atoms with Crippen molar-refractivity contribution in [2.45, 2.75) is 12.8 Å². The van der Waals surface area contributed by atoms with Crippen molar-refractivity contribution in [1.29, 1.82) is 0 Å². The summed E-state index contributed by atoms with van der Waals surface area (Å²) in [6.45, 7) is 5.05. The number of benzene rings is 1. The molecule has 1 aliphatic heterocycles. The Kier molecular flexibility index (Phi) is 5.81. The van der Waals surface area contributed by atoms with Crippen LogP contribution in [0.3, 0.4) is 0 Å². The molecule has 1 aliphatic rings.